The topological polar surface area (TPSA) is 19.9 Å². The summed E-state index contributed by atoms with van der Waals surface area (Å²) in [4.78, 5) is 0. The fraction of sp³-hybridized carbons (Fsp3) is 1.00. The molecule has 0 aliphatic heterocycles. The van der Waals surface area contributed by atoms with Gasteiger partial charge in [0.15, 0.2) is 0 Å². The van der Waals surface area contributed by atoms with E-state index in [9.17, 15) is 5.11 Å². The molecule has 0 aromatic rings. The van der Waals surface area contributed by atoms with E-state index in [1.165, 1.54) is 0 Å². The van der Waals surface area contributed by atoms with Crippen LogP contribution in [0, 0.1) is 0 Å². The molecule has 0 aliphatic rings. The van der Waals surface area contributed by atoms with Crippen molar-refractivity contribution in [1.82, 2.24) is 0 Å². The van der Waals surface area contributed by atoms with E-state index < -0.39 is 6.10 Å². The summed E-state index contributed by atoms with van der Waals surface area (Å²) in [6.45, 7) is 2.07. The van der Waals surface area contributed by atoms with Gasteiger partial charge < -0.3 is 0 Å². The molecule has 1 unspecified atom stereocenters. The number of hydrogen-bond donors (Lipinski definition) is 0. The van der Waals surface area contributed by atoms with E-state index >= 15 is 0 Å². The number of hydrogen-bond acceptors (Lipinski definition) is 0. The summed E-state index contributed by atoms with van der Waals surface area (Å²) in [6, 6.07) is 0. The lowest BCUT2D eigenvalue weighted by atomic mass is 10.2. The Hall–Kier alpha value is 0.250. The summed E-state index contributed by atoms with van der Waals surface area (Å²) in [5.74, 6) is 0.264. The molecule has 2 heteroatoms. The fourth-order valence-electron chi connectivity index (χ4n) is 0.509. The van der Waals surface area contributed by atoms with Crippen LogP contribution in [-0.2, 0) is 5.11 Å². The highest BCUT2D eigenvalue weighted by molar-refractivity contribution is 6.18. The number of alkyl halides is 1. The van der Waals surface area contributed by atoms with Crippen LogP contribution < -0.4 is 0 Å². The third kappa shape index (κ3) is 4.41. The van der Waals surface area contributed by atoms with E-state index in [0.717, 1.165) is 19.3 Å². The Morgan fingerprint density at radius 2 is 2.25 bits per heavy atom. The van der Waals surface area contributed by atoms with Gasteiger partial charge in [-0.25, -0.2) is 5.11 Å². The average Bonchev–Trinajstić information content (AvgIpc) is 1.83. The molecule has 0 saturated heterocycles. The predicted octanol–water partition coefficient (Wildman–Crippen LogP) is 2.21. The molecule has 0 spiro atoms. The molecule has 0 aliphatic carbocycles. The SMILES string of the molecule is CCCCC([O])CCl. The van der Waals surface area contributed by atoms with E-state index in [1.807, 2.05) is 0 Å². The Kier molecular flexibility index (Phi) is 5.56. The lowest BCUT2D eigenvalue weighted by Crippen LogP contribution is -2.04. The van der Waals surface area contributed by atoms with Crippen LogP contribution in [0.4, 0.5) is 0 Å². The first-order valence-corrected chi connectivity index (χ1v) is 3.56. The van der Waals surface area contributed by atoms with Crippen molar-refractivity contribution in [1.29, 1.82) is 0 Å². The predicted molar refractivity (Wildman–Crippen MR) is 34.7 cm³/mol. The molecule has 0 rings (SSSR count). The minimum Gasteiger partial charge on any atom is -0.232 e. The molecule has 0 amide bonds. The van der Waals surface area contributed by atoms with Gasteiger partial charge in [-0.1, -0.05) is 19.8 Å². The molecule has 49 valence electrons. The maximum atomic E-state index is 10.5. The van der Waals surface area contributed by atoms with Crippen LogP contribution in [0.25, 0.3) is 0 Å². The van der Waals surface area contributed by atoms with Crippen molar-refractivity contribution in [2.24, 2.45) is 0 Å². The zero-order valence-electron chi connectivity index (χ0n) is 5.19. The van der Waals surface area contributed by atoms with Crippen molar-refractivity contribution < 1.29 is 5.11 Å². The molecular formula is C6H12ClO. The van der Waals surface area contributed by atoms with Crippen molar-refractivity contribution >= 4 is 11.6 Å². The van der Waals surface area contributed by atoms with Gasteiger partial charge >= 0.3 is 0 Å². The van der Waals surface area contributed by atoms with Crippen molar-refractivity contribution in [3.63, 3.8) is 0 Å². The second kappa shape index (κ2) is 5.39. The zero-order valence-corrected chi connectivity index (χ0v) is 5.95. The molecule has 1 nitrogen and oxygen atoms in total. The molecule has 0 saturated carbocycles. The summed E-state index contributed by atoms with van der Waals surface area (Å²) in [6.07, 6.45) is 2.31. The minimum absolute atomic E-state index is 0.264. The number of rotatable bonds is 4. The minimum atomic E-state index is -0.531. The molecule has 8 heavy (non-hydrogen) atoms. The highest BCUT2D eigenvalue weighted by Gasteiger charge is 2.00. The van der Waals surface area contributed by atoms with Gasteiger partial charge in [0.05, 0.1) is 5.88 Å². The van der Waals surface area contributed by atoms with Crippen molar-refractivity contribution in [3.8, 4) is 0 Å². The highest BCUT2D eigenvalue weighted by atomic mass is 35.5. The van der Waals surface area contributed by atoms with Gasteiger partial charge in [0.1, 0.15) is 6.10 Å². The third-order valence-corrected chi connectivity index (χ3v) is 1.40. The Balaban J connectivity index is 2.86. The van der Waals surface area contributed by atoms with E-state index in [1.54, 1.807) is 0 Å². The van der Waals surface area contributed by atoms with Gasteiger partial charge in [0.2, 0.25) is 0 Å². The molecule has 0 N–H and O–H groups in total. The van der Waals surface area contributed by atoms with E-state index in [-0.39, 0.29) is 5.88 Å². The number of unbranched alkanes of at least 4 members (excludes halogenated alkanes) is 1. The normalized spacial score (nSPS) is 13.9. The second-order valence-corrected chi connectivity index (χ2v) is 2.23. The standard InChI is InChI=1S/C6H12ClO/c1-2-3-4-6(8)5-7/h6H,2-5H2,1H3. The Labute approximate surface area is 55.7 Å². The van der Waals surface area contributed by atoms with Crippen LogP contribution >= 0.6 is 11.6 Å². The van der Waals surface area contributed by atoms with E-state index in [2.05, 4.69) is 6.92 Å². The maximum absolute atomic E-state index is 10.5. The first-order valence-electron chi connectivity index (χ1n) is 3.03. The van der Waals surface area contributed by atoms with Crippen LogP contribution in [0.3, 0.4) is 0 Å². The molecule has 0 aromatic carbocycles. The van der Waals surface area contributed by atoms with Crippen molar-refractivity contribution in [3.05, 3.63) is 0 Å². The Morgan fingerprint density at radius 3 is 2.62 bits per heavy atom. The van der Waals surface area contributed by atoms with Gasteiger partial charge in [-0.3, -0.25) is 0 Å². The van der Waals surface area contributed by atoms with Gasteiger partial charge in [-0.2, -0.15) is 0 Å². The lowest BCUT2D eigenvalue weighted by molar-refractivity contribution is 0.0984. The quantitative estimate of drug-likeness (QED) is 0.527. The number of halogens is 1. The monoisotopic (exact) mass is 135 g/mol. The van der Waals surface area contributed by atoms with Crippen LogP contribution in [0.1, 0.15) is 26.2 Å². The molecule has 1 radical (unpaired) electrons. The van der Waals surface area contributed by atoms with Crippen LogP contribution in [0.2, 0.25) is 0 Å². The van der Waals surface area contributed by atoms with Gasteiger partial charge in [-0.15, -0.1) is 11.6 Å². The molecule has 0 aromatic heterocycles. The Bertz CT molecular complexity index is 47.8. The molecule has 0 heterocycles. The molecule has 1 atom stereocenters. The highest BCUT2D eigenvalue weighted by Crippen LogP contribution is 2.01. The molecule has 0 bridgehead atoms. The lowest BCUT2D eigenvalue weighted by Gasteiger charge is -1.99. The van der Waals surface area contributed by atoms with E-state index in [4.69, 9.17) is 11.6 Å². The van der Waals surface area contributed by atoms with E-state index in [0.29, 0.717) is 0 Å². The average molecular weight is 136 g/mol. The summed E-state index contributed by atoms with van der Waals surface area (Å²) in [7, 11) is 0. The van der Waals surface area contributed by atoms with Crippen LogP contribution in [0.5, 0.6) is 0 Å². The summed E-state index contributed by atoms with van der Waals surface area (Å²) >= 11 is 5.28. The van der Waals surface area contributed by atoms with Crippen LogP contribution in [-0.4, -0.2) is 12.0 Å². The largest absolute Gasteiger partial charge is 0.232 e. The first-order chi connectivity index (χ1) is 3.81. The second-order valence-electron chi connectivity index (χ2n) is 1.92. The van der Waals surface area contributed by atoms with Crippen LogP contribution in [0.15, 0.2) is 0 Å². The smallest absolute Gasteiger partial charge is 0.106 e. The molecule has 0 fully saturated rings. The molecular weight excluding hydrogens is 124 g/mol. The van der Waals surface area contributed by atoms with Gasteiger partial charge in [0, 0.05) is 0 Å². The van der Waals surface area contributed by atoms with Gasteiger partial charge in [-0.05, 0) is 6.42 Å². The zero-order chi connectivity index (χ0) is 6.41. The summed E-state index contributed by atoms with van der Waals surface area (Å²) < 4.78 is 0. The van der Waals surface area contributed by atoms with Crippen molar-refractivity contribution in [2.75, 3.05) is 5.88 Å². The summed E-state index contributed by atoms with van der Waals surface area (Å²) in [5, 5.41) is 10.5. The van der Waals surface area contributed by atoms with Crippen molar-refractivity contribution in [2.45, 2.75) is 32.3 Å². The first kappa shape index (κ1) is 8.25. The summed E-state index contributed by atoms with van der Waals surface area (Å²) in [5.41, 5.74) is 0. The fourth-order valence-corrected chi connectivity index (χ4v) is 0.663. The third-order valence-electron chi connectivity index (χ3n) is 1.05. The Morgan fingerprint density at radius 1 is 1.62 bits per heavy atom. The van der Waals surface area contributed by atoms with Gasteiger partial charge in [0.25, 0.3) is 0 Å². The maximum Gasteiger partial charge on any atom is 0.106 e.